The quantitative estimate of drug-likeness (QED) is 0.300. The molecule has 0 aliphatic carbocycles. The van der Waals surface area contributed by atoms with Crippen molar-refractivity contribution in [3.05, 3.63) is 53.7 Å². The van der Waals surface area contributed by atoms with E-state index in [4.69, 9.17) is 16.3 Å². The topological polar surface area (TPSA) is 112 Å². The lowest BCUT2D eigenvalue weighted by Crippen LogP contribution is -2.31. The van der Waals surface area contributed by atoms with Crippen molar-refractivity contribution in [2.45, 2.75) is 31.2 Å². The molecular weight excluding hydrogens is 538 g/mol. The Hall–Kier alpha value is -3.12. The van der Waals surface area contributed by atoms with Crippen molar-refractivity contribution in [2.24, 2.45) is 5.92 Å². The van der Waals surface area contributed by atoms with Crippen molar-refractivity contribution in [1.29, 1.82) is 0 Å². The van der Waals surface area contributed by atoms with Crippen LogP contribution in [0.5, 0.6) is 5.75 Å². The van der Waals surface area contributed by atoms with E-state index in [-0.39, 0.29) is 27.6 Å². The molecule has 0 saturated carbocycles. The molecule has 39 heavy (non-hydrogen) atoms. The fourth-order valence-corrected chi connectivity index (χ4v) is 5.82. The first-order valence-electron chi connectivity index (χ1n) is 12.8. The highest BCUT2D eigenvalue weighted by molar-refractivity contribution is 7.89. The fraction of sp³-hybridized carbons (Fsp3) is 0.407. The molecule has 1 fully saturated rings. The van der Waals surface area contributed by atoms with Crippen molar-refractivity contribution in [1.82, 2.24) is 19.6 Å². The zero-order chi connectivity index (χ0) is 28.2. The molecule has 1 aromatic heterocycles. The SMILES string of the molecule is COc1ccc(N2CCC(N(C)C)C2)cc1Nc1ncc(Cl)c(Nc2ccccc2S(=O)(=O)NCC(C)C)n1. The van der Waals surface area contributed by atoms with Crippen LogP contribution in [0, 0.1) is 5.92 Å². The van der Waals surface area contributed by atoms with Crippen LogP contribution in [0.3, 0.4) is 0 Å². The Morgan fingerprint density at radius 3 is 2.62 bits per heavy atom. The second kappa shape index (κ2) is 12.4. The van der Waals surface area contributed by atoms with Crippen LogP contribution in [0.1, 0.15) is 20.3 Å². The molecule has 1 saturated heterocycles. The summed E-state index contributed by atoms with van der Waals surface area (Å²) in [7, 11) is 2.07. The molecule has 0 radical (unpaired) electrons. The molecule has 1 unspecified atom stereocenters. The predicted octanol–water partition coefficient (Wildman–Crippen LogP) is 4.70. The molecule has 3 aromatic rings. The van der Waals surface area contributed by atoms with Gasteiger partial charge < -0.3 is 25.2 Å². The number of methoxy groups -OCH3 is 1. The number of aromatic nitrogens is 2. The van der Waals surface area contributed by atoms with Gasteiger partial charge in [0.15, 0.2) is 5.82 Å². The molecule has 10 nitrogen and oxygen atoms in total. The highest BCUT2D eigenvalue weighted by atomic mass is 35.5. The van der Waals surface area contributed by atoms with Crippen LogP contribution in [-0.2, 0) is 10.0 Å². The highest BCUT2D eigenvalue weighted by Gasteiger charge is 2.25. The average molecular weight is 574 g/mol. The van der Waals surface area contributed by atoms with Crippen LogP contribution in [-0.4, -0.2) is 70.2 Å². The highest BCUT2D eigenvalue weighted by Crippen LogP contribution is 2.34. The fourth-order valence-electron chi connectivity index (χ4n) is 4.31. The lowest BCUT2D eigenvalue weighted by molar-refractivity contribution is 0.315. The van der Waals surface area contributed by atoms with Gasteiger partial charge in [0.1, 0.15) is 15.7 Å². The van der Waals surface area contributed by atoms with Gasteiger partial charge in [-0.1, -0.05) is 37.6 Å². The van der Waals surface area contributed by atoms with E-state index in [1.54, 1.807) is 25.3 Å². The zero-order valence-electron chi connectivity index (χ0n) is 22.9. The number of benzene rings is 2. The van der Waals surface area contributed by atoms with Crippen LogP contribution in [0.15, 0.2) is 53.6 Å². The molecule has 1 atom stereocenters. The summed E-state index contributed by atoms with van der Waals surface area (Å²) in [5.74, 6) is 1.36. The molecule has 210 valence electrons. The molecule has 2 aromatic carbocycles. The molecular formula is C27H36ClN7O3S. The number of halogens is 1. The Morgan fingerprint density at radius 1 is 1.15 bits per heavy atom. The van der Waals surface area contributed by atoms with Gasteiger partial charge in [0.25, 0.3) is 0 Å². The third-order valence-corrected chi connectivity index (χ3v) is 8.30. The van der Waals surface area contributed by atoms with Gasteiger partial charge in [-0.05, 0) is 56.8 Å². The molecule has 3 N–H and O–H groups in total. The zero-order valence-corrected chi connectivity index (χ0v) is 24.5. The maximum atomic E-state index is 13.0. The molecule has 1 aliphatic rings. The molecule has 0 bridgehead atoms. The number of hydrogen-bond acceptors (Lipinski definition) is 9. The average Bonchev–Trinajstić information content (AvgIpc) is 3.41. The van der Waals surface area contributed by atoms with Gasteiger partial charge in [-0.3, -0.25) is 0 Å². The van der Waals surface area contributed by atoms with Crippen molar-refractivity contribution in [2.75, 3.05) is 56.4 Å². The van der Waals surface area contributed by atoms with Gasteiger partial charge in [0.2, 0.25) is 16.0 Å². The van der Waals surface area contributed by atoms with E-state index >= 15 is 0 Å². The number of sulfonamides is 1. The summed E-state index contributed by atoms with van der Waals surface area (Å²) in [6, 6.07) is 13.1. The van der Waals surface area contributed by atoms with E-state index in [2.05, 4.69) is 49.2 Å². The maximum Gasteiger partial charge on any atom is 0.242 e. The summed E-state index contributed by atoms with van der Waals surface area (Å²) in [5, 5.41) is 6.56. The number of anilines is 5. The summed E-state index contributed by atoms with van der Waals surface area (Å²) < 4.78 is 34.1. The van der Waals surface area contributed by atoms with Crippen LogP contribution in [0.2, 0.25) is 5.02 Å². The summed E-state index contributed by atoms with van der Waals surface area (Å²) in [4.78, 5) is 13.6. The van der Waals surface area contributed by atoms with Crippen molar-refractivity contribution < 1.29 is 13.2 Å². The van der Waals surface area contributed by atoms with E-state index in [0.29, 0.717) is 29.7 Å². The van der Waals surface area contributed by atoms with Gasteiger partial charge in [-0.15, -0.1) is 0 Å². The normalized spacial score (nSPS) is 15.7. The number of para-hydroxylation sites is 1. The van der Waals surface area contributed by atoms with Gasteiger partial charge >= 0.3 is 0 Å². The lowest BCUT2D eigenvalue weighted by Gasteiger charge is -2.23. The Bertz CT molecular complexity index is 1400. The van der Waals surface area contributed by atoms with Crippen LogP contribution in [0.4, 0.5) is 28.8 Å². The first-order valence-corrected chi connectivity index (χ1v) is 14.7. The second-order valence-electron chi connectivity index (χ2n) is 10.1. The first-order chi connectivity index (χ1) is 18.6. The lowest BCUT2D eigenvalue weighted by atomic mass is 10.2. The Kier molecular flexibility index (Phi) is 9.16. The Labute approximate surface area is 235 Å². The minimum atomic E-state index is -3.75. The van der Waals surface area contributed by atoms with Gasteiger partial charge in [0.05, 0.1) is 24.7 Å². The number of ether oxygens (including phenoxy) is 1. The van der Waals surface area contributed by atoms with Crippen LogP contribution in [0.25, 0.3) is 0 Å². The smallest absolute Gasteiger partial charge is 0.242 e. The second-order valence-corrected chi connectivity index (χ2v) is 12.3. The van der Waals surface area contributed by atoms with Crippen LogP contribution >= 0.6 is 11.6 Å². The third-order valence-electron chi connectivity index (χ3n) is 6.54. The standard InChI is InChI=1S/C27H36ClN7O3S/c1-18(2)15-30-39(36,37)25-9-7-6-8-22(25)31-26-21(28)16-29-27(33-26)32-23-14-19(10-11-24(23)38-5)35-13-12-20(17-35)34(3)4/h6-11,14,16,18,20,30H,12-13,15,17H2,1-5H3,(H2,29,31,32,33). The van der Waals surface area contributed by atoms with E-state index in [0.717, 1.165) is 25.2 Å². The van der Waals surface area contributed by atoms with E-state index in [1.807, 2.05) is 32.0 Å². The molecule has 2 heterocycles. The number of nitrogens with zero attached hydrogens (tertiary/aromatic N) is 4. The van der Waals surface area contributed by atoms with E-state index in [1.165, 1.54) is 12.3 Å². The van der Waals surface area contributed by atoms with E-state index < -0.39 is 10.0 Å². The molecule has 0 spiro atoms. The molecule has 1 aliphatic heterocycles. The van der Waals surface area contributed by atoms with Crippen LogP contribution < -0.4 is 25.0 Å². The Balaban J connectivity index is 1.58. The summed E-state index contributed by atoms with van der Waals surface area (Å²) >= 11 is 6.41. The van der Waals surface area contributed by atoms with E-state index in [9.17, 15) is 8.42 Å². The molecule has 4 rings (SSSR count). The van der Waals surface area contributed by atoms with Crippen molar-refractivity contribution >= 4 is 50.5 Å². The molecule has 0 amide bonds. The molecule has 12 heteroatoms. The number of nitrogens with one attached hydrogen (secondary N) is 3. The summed E-state index contributed by atoms with van der Waals surface area (Å²) in [6.07, 6.45) is 2.56. The van der Waals surface area contributed by atoms with Gasteiger partial charge in [-0.2, -0.15) is 4.98 Å². The van der Waals surface area contributed by atoms with Crippen molar-refractivity contribution in [3.63, 3.8) is 0 Å². The third kappa shape index (κ3) is 7.10. The first kappa shape index (κ1) is 28.9. The number of likely N-dealkylation sites (N-methyl/N-ethyl adjacent to an activating group) is 1. The summed E-state index contributed by atoms with van der Waals surface area (Å²) in [5.41, 5.74) is 2.13. The largest absolute Gasteiger partial charge is 0.495 e. The minimum absolute atomic E-state index is 0.103. The predicted molar refractivity (Wildman–Crippen MR) is 157 cm³/mol. The van der Waals surface area contributed by atoms with Gasteiger partial charge in [-0.25, -0.2) is 18.1 Å². The monoisotopic (exact) mass is 573 g/mol. The number of rotatable bonds is 11. The minimum Gasteiger partial charge on any atom is -0.495 e. The Morgan fingerprint density at radius 2 is 1.92 bits per heavy atom. The maximum absolute atomic E-state index is 13.0. The van der Waals surface area contributed by atoms with Gasteiger partial charge in [0, 0.05) is 31.4 Å². The summed E-state index contributed by atoms with van der Waals surface area (Å²) in [6.45, 7) is 6.12. The number of hydrogen-bond donors (Lipinski definition) is 3. The van der Waals surface area contributed by atoms with Crippen molar-refractivity contribution in [3.8, 4) is 5.75 Å².